The van der Waals surface area contributed by atoms with Gasteiger partial charge in [0.2, 0.25) is 0 Å². The van der Waals surface area contributed by atoms with Gasteiger partial charge in [0.1, 0.15) is 72.9 Å². The van der Waals surface area contributed by atoms with Crippen molar-refractivity contribution in [2.45, 2.75) is 189 Å². The minimum absolute atomic E-state index is 0.0168. The molecule has 0 bridgehead atoms. The van der Waals surface area contributed by atoms with Crippen molar-refractivity contribution in [2.75, 3.05) is 26.4 Å². The summed E-state index contributed by atoms with van der Waals surface area (Å²) in [5.41, 5.74) is -0.551. The van der Waals surface area contributed by atoms with Gasteiger partial charge in [-0.1, -0.05) is 27.7 Å². The van der Waals surface area contributed by atoms with Crippen LogP contribution in [0.15, 0.2) is 0 Å². The molecular weight excluding hydrogens is 816 g/mol. The maximum atomic E-state index is 14.6. The molecule has 26 atom stereocenters. The Bertz CT molecular complexity index is 1600. The molecule has 4 aliphatic carbocycles. The van der Waals surface area contributed by atoms with Gasteiger partial charge in [0.25, 0.3) is 0 Å². The Kier molecular flexibility index (Phi) is 12.8. The molecule has 0 aromatic heterocycles. The summed E-state index contributed by atoms with van der Waals surface area (Å²) in [5, 5.41) is 95.8. The van der Waals surface area contributed by atoms with Crippen LogP contribution in [0.25, 0.3) is 0 Å². The van der Waals surface area contributed by atoms with Crippen LogP contribution < -0.4 is 0 Å². The van der Waals surface area contributed by atoms with Crippen LogP contribution in [0, 0.1) is 52.3 Å². The van der Waals surface area contributed by atoms with E-state index in [4.69, 9.17) is 37.9 Å². The normalized spacial score (nSPS) is 57.8. The molecule has 0 amide bonds. The first-order valence-electron chi connectivity index (χ1n) is 23.2. The van der Waals surface area contributed by atoms with Crippen molar-refractivity contribution in [3.63, 3.8) is 0 Å². The number of carbonyl (C=O) groups excluding carboxylic acids is 1. The molecule has 9 fully saturated rings. The smallest absolute Gasteiger partial charge is 0.187 e. The first-order chi connectivity index (χ1) is 29.4. The zero-order valence-electron chi connectivity index (χ0n) is 36.2. The number of carbonyl (C=O) groups is 1. The SMILES string of the molecule is C[C@@H]1CC[C@@]2(OC1)O[C@H]1C[C@H]3[C@@H]4CC[C@@H]5C[C@@H](O[C@@H]6O[C@H](CO)[C@@H](O)[C@H](O[C@@H]7O[C@H](CO)[C@@H](O)[C@H](O[C@@H]8OC[C@@H](O)[C@H](O)[C@H]8O)[C@H]7O)[C@H]6O)CC[C@]5(C)[C@H]4CC(=O)[C@]3(C)[C@H]1[C@@H]2C. The molecule has 4 saturated carbocycles. The summed E-state index contributed by atoms with van der Waals surface area (Å²) in [4.78, 5) is 14.6. The van der Waals surface area contributed by atoms with Gasteiger partial charge in [0.05, 0.1) is 38.6 Å². The molecule has 9 N–H and O–H groups in total. The third-order valence-corrected chi connectivity index (χ3v) is 17.8. The van der Waals surface area contributed by atoms with Crippen LogP contribution in [-0.4, -0.2) is 182 Å². The Morgan fingerprint density at radius 1 is 0.694 bits per heavy atom. The molecule has 9 rings (SSSR count). The first kappa shape index (κ1) is 46.1. The second-order valence-corrected chi connectivity index (χ2v) is 20.9. The Morgan fingerprint density at radius 3 is 1.97 bits per heavy atom. The minimum Gasteiger partial charge on any atom is -0.394 e. The number of ether oxygens (including phenoxy) is 8. The quantitative estimate of drug-likeness (QED) is 0.133. The van der Waals surface area contributed by atoms with Crippen LogP contribution in [0.1, 0.15) is 85.5 Å². The Balaban J connectivity index is 0.854. The molecule has 5 aliphatic heterocycles. The van der Waals surface area contributed by atoms with Crippen LogP contribution in [0.5, 0.6) is 0 Å². The van der Waals surface area contributed by atoms with Gasteiger partial charge in [-0.25, -0.2) is 0 Å². The molecule has 0 aromatic carbocycles. The fourth-order valence-electron chi connectivity index (χ4n) is 14.1. The zero-order valence-corrected chi connectivity index (χ0v) is 36.2. The summed E-state index contributed by atoms with van der Waals surface area (Å²) in [6.45, 7) is 7.86. The van der Waals surface area contributed by atoms with Crippen molar-refractivity contribution in [1.82, 2.24) is 0 Å². The fraction of sp³-hybridized carbons (Fsp3) is 0.977. The standard InChI is InChI=1S/C44H70O18/c1-18-7-10-44(56-16-18)19(2)30-26(62-44)12-24-22-6-5-20-11-21(8-9-42(20,3)23(22)13-29(48)43(24,30)4)57-40-35(53)38(33(51)27(14-45)58-40)61-41-36(54)37(32(50)28(15-46)59-41)60-39-34(52)31(49)25(47)17-55-39/h18-28,30-41,45-47,49-54H,5-17H2,1-4H3/t18-,19+,20-,21+,22-,23+,24+,25-,26+,27-,28-,30+,31+,32-,33-,34-,35-,36-,37+,38+,39+,40-,41+,42+,43-,44-/m1/s1. The third-order valence-electron chi connectivity index (χ3n) is 17.8. The highest BCUT2D eigenvalue weighted by Crippen LogP contribution is 2.70. The van der Waals surface area contributed by atoms with Crippen LogP contribution in [0.2, 0.25) is 0 Å². The van der Waals surface area contributed by atoms with Gasteiger partial charge >= 0.3 is 0 Å². The van der Waals surface area contributed by atoms with E-state index in [0.717, 1.165) is 38.5 Å². The summed E-state index contributed by atoms with van der Waals surface area (Å²) in [6.07, 6.45) is -15.2. The maximum absolute atomic E-state index is 14.6. The van der Waals surface area contributed by atoms with Crippen molar-refractivity contribution in [1.29, 1.82) is 0 Å². The predicted octanol–water partition coefficient (Wildman–Crippen LogP) is -0.915. The summed E-state index contributed by atoms with van der Waals surface area (Å²) in [6, 6.07) is 0. The monoisotopic (exact) mass is 886 g/mol. The van der Waals surface area contributed by atoms with E-state index in [-0.39, 0.29) is 47.2 Å². The first-order valence-corrected chi connectivity index (χ1v) is 23.2. The van der Waals surface area contributed by atoms with Crippen LogP contribution >= 0.6 is 0 Å². The van der Waals surface area contributed by atoms with Gasteiger partial charge in [-0.05, 0) is 80.0 Å². The van der Waals surface area contributed by atoms with Crippen molar-refractivity contribution >= 4 is 5.78 Å². The van der Waals surface area contributed by atoms with Gasteiger partial charge < -0.3 is 83.9 Å². The zero-order chi connectivity index (χ0) is 44.2. The van der Waals surface area contributed by atoms with Gasteiger partial charge in [-0.15, -0.1) is 0 Å². The molecule has 0 radical (unpaired) electrons. The van der Waals surface area contributed by atoms with Crippen molar-refractivity contribution in [3.05, 3.63) is 0 Å². The number of aliphatic hydroxyl groups excluding tert-OH is 9. The summed E-state index contributed by atoms with van der Waals surface area (Å²) in [5.74, 6) is 1.68. The second kappa shape index (κ2) is 17.3. The van der Waals surface area contributed by atoms with E-state index in [9.17, 15) is 50.8 Å². The number of hydrogen-bond acceptors (Lipinski definition) is 18. The van der Waals surface area contributed by atoms with Gasteiger partial charge in [-0.3, -0.25) is 4.79 Å². The van der Waals surface area contributed by atoms with Gasteiger partial charge in [0.15, 0.2) is 24.7 Å². The van der Waals surface area contributed by atoms with E-state index in [1.54, 1.807) is 0 Å². The lowest BCUT2D eigenvalue weighted by molar-refractivity contribution is -0.379. The molecule has 5 heterocycles. The molecule has 18 heteroatoms. The average Bonchev–Trinajstić information content (AvgIpc) is 3.70. The summed E-state index contributed by atoms with van der Waals surface area (Å²) < 4.78 is 48.3. The third kappa shape index (κ3) is 7.38. The lowest BCUT2D eigenvalue weighted by Crippen LogP contribution is -2.66. The maximum Gasteiger partial charge on any atom is 0.187 e. The molecular formula is C44H70O18. The second-order valence-electron chi connectivity index (χ2n) is 20.9. The van der Waals surface area contributed by atoms with Crippen molar-refractivity contribution in [3.8, 4) is 0 Å². The van der Waals surface area contributed by atoms with Crippen molar-refractivity contribution < 1.29 is 88.6 Å². The Labute approximate surface area is 362 Å². The van der Waals surface area contributed by atoms with E-state index < -0.39 is 117 Å². The molecule has 5 saturated heterocycles. The minimum atomic E-state index is -1.86. The fourth-order valence-corrected chi connectivity index (χ4v) is 14.1. The highest BCUT2D eigenvalue weighted by atomic mass is 16.8. The van der Waals surface area contributed by atoms with Crippen LogP contribution in [0.4, 0.5) is 0 Å². The number of aliphatic hydroxyl groups is 9. The van der Waals surface area contributed by atoms with Crippen LogP contribution in [0.3, 0.4) is 0 Å². The van der Waals surface area contributed by atoms with E-state index in [2.05, 4.69) is 27.7 Å². The molecule has 354 valence electrons. The summed E-state index contributed by atoms with van der Waals surface area (Å²) >= 11 is 0. The molecule has 0 aromatic rings. The molecule has 18 nitrogen and oxygen atoms in total. The lowest BCUT2D eigenvalue weighted by Gasteiger charge is -2.60. The van der Waals surface area contributed by atoms with E-state index >= 15 is 0 Å². The molecule has 1 spiro atoms. The van der Waals surface area contributed by atoms with E-state index in [1.807, 2.05) is 0 Å². The lowest BCUT2D eigenvalue weighted by atomic mass is 9.44. The molecule has 9 aliphatic rings. The predicted molar refractivity (Wildman–Crippen MR) is 210 cm³/mol. The number of hydrogen-bond donors (Lipinski definition) is 9. The van der Waals surface area contributed by atoms with Crippen LogP contribution in [-0.2, 0) is 42.7 Å². The number of rotatable bonds is 8. The molecule has 0 unspecified atom stereocenters. The topological polar surface area (TPSA) is 273 Å². The number of Topliss-reactive ketones (excluding diaryl/α,β-unsaturated/α-hetero) is 1. The highest BCUT2D eigenvalue weighted by molar-refractivity contribution is 5.87. The average molecular weight is 887 g/mol. The summed E-state index contributed by atoms with van der Waals surface area (Å²) in [7, 11) is 0. The molecule has 62 heavy (non-hydrogen) atoms. The van der Waals surface area contributed by atoms with E-state index in [1.165, 1.54) is 0 Å². The number of fused-ring (bicyclic) bond motifs is 7. The van der Waals surface area contributed by atoms with Gasteiger partial charge in [-0.2, -0.15) is 0 Å². The highest BCUT2D eigenvalue weighted by Gasteiger charge is 2.72. The van der Waals surface area contributed by atoms with Crippen molar-refractivity contribution in [2.24, 2.45) is 52.3 Å². The Morgan fingerprint density at radius 2 is 1.34 bits per heavy atom. The Hall–Kier alpha value is -1.01. The van der Waals surface area contributed by atoms with Gasteiger partial charge in [0, 0.05) is 30.1 Å². The number of ketones is 1. The largest absolute Gasteiger partial charge is 0.394 e. The van der Waals surface area contributed by atoms with E-state index in [0.29, 0.717) is 43.5 Å².